The number of rotatable bonds is 7. The van der Waals surface area contributed by atoms with Crippen LogP contribution >= 0.6 is 23.1 Å². The molecule has 0 radical (unpaired) electrons. The summed E-state index contributed by atoms with van der Waals surface area (Å²) in [5, 5.41) is 5.47. The zero-order valence-electron chi connectivity index (χ0n) is 16.6. The molecule has 4 aromatic rings. The fraction of sp³-hybridized carbons (Fsp3) is 0.136. The Hall–Kier alpha value is -3.17. The predicted octanol–water partition coefficient (Wildman–Crippen LogP) is 5.08. The summed E-state index contributed by atoms with van der Waals surface area (Å²) in [5.41, 5.74) is 0.987. The van der Waals surface area contributed by atoms with Gasteiger partial charge in [0.2, 0.25) is 5.91 Å². The van der Waals surface area contributed by atoms with Crippen molar-refractivity contribution in [2.45, 2.75) is 18.6 Å². The van der Waals surface area contributed by atoms with Gasteiger partial charge in [-0.05, 0) is 43.3 Å². The number of carbonyl (C=O) groups excluding carboxylic acids is 1. The normalized spacial score (nSPS) is 11.0. The van der Waals surface area contributed by atoms with Crippen LogP contribution in [0.2, 0.25) is 0 Å². The van der Waals surface area contributed by atoms with Crippen LogP contribution in [0.1, 0.15) is 5.76 Å². The largest absolute Gasteiger partial charge is 0.461 e. The predicted molar refractivity (Wildman–Crippen MR) is 122 cm³/mol. The maximum Gasteiger partial charge on any atom is 0.263 e. The topological polar surface area (TPSA) is 77.1 Å². The summed E-state index contributed by atoms with van der Waals surface area (Å²) in [6.07, 6.45) is 1.61. The molecule has 1 N–H and O–H groups in total. The van der Waals surface area contributed by atoms with Gasteiger partial charge in [0.25, 0.3) is 5.56 Å². The lowest BCUT2D eigenvalue weighted by molar-refractivity contribution is -0.113. The molecule has 0 fully saturated rings. The highest BCUT2D eigenvalue weighted by Gasteiger charge is 2.19. The number of thiophene rings is 1. The van der Waals surface area contributed by atoms with E-state index in [2.05, 4.69) is 16.9 Å². The van der Waals surface area contributed by atoms with Gasteiger partial charge in [0.1, 0.15) is 22.2 Å². The highest BCUT2D eigenvalue weighted by molar-refractivity contribution is 7.99. The van der Waals surface area contributed by atoms with Crippen LogP contribution in [0.4, 0.5) is 10.1 Å². The summed E-state index contributed by atoms with van der Waals surface area (Å²) in [5.74, 6) is 0.759. The minimum absolute atomic E-state index is 0.0437. The molecule has 0 atom stereocenters. The van der Waals surface area contributed by atoms with Gasteiger partial charge in [-0.15, -0.1) is 17.9 Å². The van der Waals surface area contributed by atoms with Crippen LogP contribution in [0.3, 0.4) is 0 Å². The first-order chi connectivity index (χ1) is 15.0. The SMILES string of the molecule is C=CCn1c(SCC(=O)Nc2ccc(F)cc2)nc2scc(-c3ccc(C)o3)c2c1=O. The van der Waals surface area contributed by atoms with Crippen LogP contribution < -0.4 is 10.9 Å². The molecule has 0 spiro atoms. The van der Waals surface area contributed by atoms with Crippen molar-refractivity contribution < 1.29 is 13.6 Å². The molecule has 3 aromatic heterocycles. The summed E-state index contributed by atoms with van der Waals surface area (Å²) in [4.78, 5) is 30.8. The quantitative estimate of drug-likeness (QED) is 0.239. The fourth-order valence-corrected chi connectivity index (χ4v) is 4.80. The summed E-state index contributed by atoms with van der Waals surface area (Å²) >= 11 is 2.51. The maximum absolute atomic E-state index is 13.3. The van der Waals surface area contributed by atoms with Crippen molar-refractivity contribution in [3.05, 3.63) is 76.4 Å². The van der Waals surface area contributed by atoms with Gasteiger partial charge in [0, 0.05) is 23.2 Å². The van der Waals surface area contributed by atoms with E-state index in [1.165, 1.54) is 40.2 Å². The molecule has 0 saturated heterocycles. The fourth-order valence-electron chi connectivity index (χ4n) is 3.03. The number of carbonyl (C=O) groups is 1. The van der Waals surface area contributed by atoms with E-state index in [-0.39, 0.29) is 29.6 Å². The molecule has 0 unspecified atom stereocenters. The van der Waals surface area contributed by atoms with Gasteiger partial charge in [-0.2, -0.15) is 0 Å². The molecule has 9 heteroatoms. The van der Waals surface area contributed by atoms with Gasteiger partial charge in [-0.1, -0.05) is 17.8 Å². The molecule has 1 aromatic carbocycles. The van der Waals surface area contributed by atoms with E-state index in [1.807, 2.05) is 24.4 Å². The first kappa shape index (κ1) is 21.1. The Morgan fingerprint density at radius 3 is 2.77 bits per heavy atom. The van der Waals surface area contributed by atoms with Crippen molar-refractivity contribution >= 4 is 44.9 Å². The number of aryl methyl sites for hydroxylation is 1. The van der Waals surface area contributed by atoms with Gasteiger partial charge in [-0.25, -0.2) is 9.37 Å². The van der Waals surface area contributed by atoms with Crippen LogP contribution in [0.5, 0.6) is 0 Å². The first-order valence-corrected chi connectivity index (χ1v) is 11.2. The summed E-state index contributed by atoms with van der Waals surface area (Å²) in [7, 11) is 0. The van der Waals surface area contributed by atoms with Crippen LogP contribution in [-0.2, 0) is 11.3 Å². The molecule has 31 heavy (non-hydrogen) atoms. The monoisotopic (exact) mass is 455 g/mol. The number of hydrogen-bond acceptors (Lipinski definition) is 6. The van der Waals surface area contributed by atoms with Crippen molar-refractivity contribution in [2.24, 2.45) is 0 Å². The molecular weight excluding hydrogens is 437 g/mol. The lowest BCUT2D eigenvalue weighted by atomic mass is 10.2. The van der Waals surface area contributed by atoms with Crippen LogP contribution in [0.15, 0.2) is 68.8 Å². The number of amides is 1. The Labute approximate surface area is 185 Å². The minimum atomic E-state index is -0.377. The number of nitrogens with one attached hydrogen (secondary N) is 1. The summed E-state index contributed by atoms with van der Waals surface area (Å²) in [6, 6.07) is 9.19. The molecule has 0 saturated carbocycles. The Balaban J connectivity index is 1.62. The summed E-state index contributed by atoms with van der Waals surface area (Å²) < 4.78 is 20.2. The lowest BCUT2D eigenvalue weighted by Gasteiger charge is -2.10. The van der Waals surface area contributed by atoms with E-state index in [1.54, 1.807) is 6.08 Å². The number of nitrogens with zero attached hydrogens (tertiary/aromatic N) is 2. The van der Waals surface area contributed by atoms with Crippen LogP contribution in [0.25, 0.3) is 21.5 Å². The molecule has 0 bridgehead atoms. The van der Waals surface area contributed by atoms with E-state index in [4.69, 9.17) is 4.42 Å². The molecule has 0 aliphatic carbocycles. The van der Waals surface area contributed by atoms with Crippen molar-refractivity contribution in [2.75, 3.05) is 11.1 Å². The van der Waals surface area contributed by atoms with E-state index in [0.717, 1.165) is 17.5 Å². The number of furan rings is 1. The Kier molecular flexibility index (Phi) is 6.06. The van der Waals surface area contributed by atoms with Crippen LogP contribution in [0, 0.1) is 12.7 Å². The molecule has 1 amide bonds. The second-order valence-electron chi connectivity index (χ2n) is 6.68. The third-order valence-electron chi connectivity index (χ3n) is 4.44. The number of fused-ring (bicyclic) bond motifs is 1. The maximum atomic E-state index is 13.3. The standard InChI is InChI=1S/C22H18FN3O3S2/c1-3-10-26-21(28)19-16(17-9-4-13(2)29-17)11-30-20(19)25-22(26)31-12-18(27)24-15-7-5-14(23)6-8-15/h3-9,11H,1,10,12H2,2H3,(H,24,27). The Bertz CT molecular complexity index is 1320. The molecule has 0 aliphatic heterocycles. The number of hydrogen-bond donors (Lipinski definition) is 1. The third kappa shape index (κ3) is 4.47. The molecule has 0 aliphatic rings. The molecule has 158 valence electrons. The number of allylic oxidation sites excluding steroid dienone is 1. The zero-order valence-corrected chi connectivity index (χ0v) is 18.2. The van der Waals surface area contributed by atoms with E-state index in [9.17, 15) is 14.0 Å². The number of thioether (sulfide) groups is 1. The first-order valence-electron chi connectivity index (χ1n) is 9.34. The zero-order chi connectivity index (χ0) is 22.0. The van der Waals surface area contributed by atoms with Crippen molar-refractivity contribution in [1.29, 1.82) is 0 Å². The minimum Gasteiger partial charge on any atom is -0.461 e. The Morgan fingerprint density at radius 1 is 1.32 bits per heavy atom. The van der Waals surface area contributed by atoms with E-state index < -0.39 is 0 Å². The smallest absolute Gasteiger partial charge is 0.263 e. The van der Waals surface area contributed by atoms with Crippen molar-refractivity contribution in [1.82, 2.24) is 9.55 Å². The highest BCUT2D eigenvalue weighted by Crippen LogP contribution is 2.33. The van der Waals surface area contributed by atoms with E-state index >= 15 is 0 Å². The Morgan fingerprint density at radius 2 is 2.10 bits per heavy atom. The average molecular weight is 456 g/mol. The number of benzene rings is 1. The van der Waals surface area contributed by atoms with Gasteiger partial charge in [-0.3, -0.25) is 14.2 Å². The lowest BCUT2D eigenvalue weighted by Crippen LogP contribution is -2.23. The van der Waals surface area contributed by atoms with Gasteiger partial charge in [0.05, 0.1) is 11.1 Å². The second-order valence-corrected chi connectivity index (χ2v) is 8.48. The van der Waals surface area contributed by atoms with Gasteiger partial charge >= 0.3 is 0 Å². The third-order valence-corrected chi connectivity index (χ3v) is 6.29. The van der Waals surface area contributed by atoms with Crippen LogP contribution in [-0.4, -0.2) is 21.2 Å². The van der Waals surface area contributed by atoms with Gasteiger partial charge in [0.15, 0.2) is 5.16 Å². The van der Waals surface area contributed by atoms with E-state index in [0.29, 0.717) is 32.4 Å². The average Bonchev–Trinajstić information content (AvgIpc) is 3.36. The molecule has 4 rings (SSSR count). The van der Waals surface area contributed by atoms with Crippen molar-refractivity contribution in [3.63, 3.8) is 0 Å². The molecule has 6 nitrogen and oxygen atoms in total. The highest BCUT2D eigenvalue weighted by atomic mass is 32.2. The number of aromatic nitrogens is 2. The number of halogens is 1. The van der Waals surface area contributed by atoms with Gasteiger partial charge < -0.3 is 9.73 Å². The van der Waals surface area contributed by atoms with Crippen molar-refractivity contribution in [3.8, 4) is 11.3 Å². The summed E-state index contributed by atoms with van der Waals surface area (Å²) in [6.45, 7) is 5.83. The molecule has 3 heterocycles. The number of anilines is 1. The molecular formula is C22H18FN3O3S2. The second kappa shape index (κ2) is 8.91.